The molecule has 6 nitrogen and oxygen atoms in total. The van der Waals surface area contributed by atoms with E-state index in [1.54, 1.807) is 0 Å². The van der Waals surface area contributed by atoms with E-state index in [2.05, 4.69) is 34.9 Å². The van der Waals surface area contributed by atoms with E-state index in [9.17, 15) is 4.79 Å². The maximum Gasteiger partial charge on any atom is 0.348 e. The molecule has 0 spiro atoms. The number of hydrogen-bond acceptors (Lipinski definition) is 6. The summed E-state index contributed by atoms with van der Waals surface area (Å²) in [4.78, 5) is 23.4. The summed E-state index contributed by atoms with van der Waals surface area (Å²) in [6.45, 7) is 6.24. The molecule has 4 aromatic rings. The number of thiophene rings is 1. The monoisotopic (exact) mass is 447 g/mol. The maximum atomic E-state index is 12.5. The van der Waals surface area contributed by atoms with Crippen LogP contribution in [-0.2, 0) is 24.4 Å². The summed E-state index contributed by atoms with van der Waals surface area (Å²) in [6.07, 6.45) is 0. The fraction of sp³-hybridized carbons (Fsp3) is 0.240. The molecule has 0 saturated heterocycles. The number of hydrogen-bond donors (Lipinski definition) is 2. The Kier molecular flexibility index (Phi) is 7.09. The van der Waals surface area contributed by atoms with E-state index in [-0.39, 0.29) is 5.97 Å². The predicted octanol–water partition coefficient (Wildman–Crippen LogP) is 4.05. The van der Waals surface area contributed by atoms with Gasteiger partial charge in [0, 0.05) is 12.1 Å². The third-order valence-corrected chi connectivity index (χ3v) is 6.32. The number of ether oxygens (including phenoxy) is 1. The van der Waals surface area contributed by atoms with Crippen molar-refractivity contribution in [3.8, 4) is 0 Å². The molecule has 0 saturated carbocycles. The number of carbonyl (C=O) groups is 1. The van der Waals surface area contributed by atoms with Gasteiger partial charge < -0.3 is 15.4 Å². The molecule has 0 radical (unpaired) electrons. The number of nitrogens with two attached hydrogens (primary N) is 1. The molecule has 0 atom stereocenters. The average molecular weight is 448 g/mol. The molecule has 3 N–H and O–H groups in total. The Hall–Kier alpha value is -3.29. The minimum absolute atomic E-state index is 0.306. The van der Waals surface area contributed by atoms with E-state index >= 15 is 0 Å². The highest BCUT2D eigenvalue weighted by Crippen LogP contribution is 2.34. The molecule has 0 unspecified atom stereocenters. The number of carbonyl (C=O) groups excluding carboxylic acids is 1. The van der Waals surface area contributed by atoms with Gasteiger partial charge in [0.15, 0.2) is 5.82 Å². The second-order valence-electron chi connectivity index (χ2n) is 7.47. The number of quaternary nitrogens is 1. The maximum absolute atomic E-state index is 12.5. The van der Waals surface area contributed by atoms with Crippen LogP contribution < -0.4 is 10.6 Å². The summed E-state index contributed by atoms with van der Waals surface area (Å²) < 4.78 is 5.25. The zero-order valence-electron chi connectivity index (χ0n) is 18.3. The highest BCUT2D eigenvalue weighted by Gasteiger charge is 2.21. The molecule has 2 aromatic carbocycles. The smallest absolute Gasteiger partial charge is 0.348 e. The second-order valence-corrected chi connectivity index (χ2v) is 8.47. The largest absolute Gasteiger partial charge is 0.462 e. The standard InChI is InChI=1S/C25H26N4O2S/c1-3-31-25(30)22-17(2)21-23(27-15-19-12-8-5-9-13-19)28-20(29-24(21)32-22)16-26-14-18-10-6-4-7-11-18/h4-13,26H,3,14-16H2,1-2H3,(H,27,28,29)/p+1. The lowest BCUT2D eigenvalue weighted by Gasteiger charge is -2.10. The van der Waals surface area contributed by atoms with Crippen LogP contribution in [0.5, 0.6) is 0 Å². The quantitative estimate of drug-likeness (QED) is 0.378. The molecule has 2 aromatic heterocycles. The highest BCUT2D eigenvalue weighted by molar-refractivity contribution is 7.20. The molecule has 0 aliphatic rings. The summed E-state index contributed by atoms with van der Waals surface area (Å²) >= 11 is 1.37. The van der Waals surface area contributed by atoms with Crippen LogP contribution in [0, 0.1) is 6.92 Å². The molecule has 0 aliphatic carbocycles. The molecular formula is C25H27N4O2S+. The minimum atomic E-state index is -0.306. The Morgan fingerprint density at radius 2 is 1.69 bits per heavy atom. The molecule has 0 bridgehead atoms. The lowest BCUT2D eigenvalue weighted by molar-refractivity contribution is -0.687. The Balaban J connectivity index is 1.62. The molecule has 0 amide bonds. The Bertz CT molecular complexity index is 1190. The summed E-state index contributed by atoms with van der Waals surface area (Å²) in [7, 11) is 0. The number of nitrogens with zero attached hydrogens (tertiary/aromatic N) is 2. The zero-order chi connectivity index (χ0) is 22.3. The number of benzene rings is 2. The minimum Gasteiger partial charge on any atom is -0.462 e. The van der Waals surface area contributed by atoms with E-state index in [1.165, 1.54) is 16.9 Å². The van der Waals surface area contributed by atoms with Crippen LogP contribution in [0.1, 0.15) is 39.1 Å². The average Bonchev–Trinajstić information content (AvgIpc) is 3.15. The molecule has 0 fully saturated rings. The first kappa shape index (κ1) is 21.9. The Morgan fingerprint density at radius 3 is 2.38 bits per heavy atom. The first-order valence-electron chi connectivity index (χ1n) is 10.8. The van der Waals surface area contributed by atoms with E-state index in [4.69, 9.17) is 14.7 Å². The van der Waals surface area contributed by atoms with Crippen molar-refractivity contribution in [1.82, 2.24) is 9.97 Å². The van der Waals surface area contributed by atoms with Crippen LogP contribution in [-0.4, -0.2) is 22.5 Å². The van der Waals surface area contributed by atoms with Crippen molar-refractivity contribution >= 4 is 33.3 Å². The van der Waals surface area contributed by atoms with Crippen LogP contribution in [0.2, 0.25) is 0 Å². The van der Waals surface area contributed by atoms with Crippen molar-refractivity contribution in [2.75, 3.05) is 11.9 Å². The van der Waals surface area contributed by atoms with Gasteiger partial charge in [-0.3, -0.25) is 0 Å². The predicted molar refractivity (Wildman–Crippen MR) is 128 cm³/mol. The number of aromatic nitrogens is 2. The summed E-state index contributed by atoms with van der Waals surface area (Å²) in [6, 6.07) is 20.5. The van der Waals surface area contributed by atoms with Gasteiger partial charge in [0.1, 0.15) is 28.6 Å². The molecular weight excluding hydrogens is 420 g/mol. The van der Waals surface area contributed by atoms with Gasteiger partial charge in [-0.2, -0.15) is 0 Å². The van der Waals surface area contributed by atoms with Gasteiger partial charge >= 0.3 is 5.97 Å². The van der Waals surface area contributed by atoms with Crippen LogP contribution in [0.25, 0.3) is 10.2 Å². The Morgan fingerprint density at radius 1 is 1.00 bits per heavy atom. The normalized spacial score (nSPS) is 10.9. The van der Waals surface area contributed by atoms with Gasteiger partial charge in [0.25, 0.3) is 0 Å². The van der Waals surface area contributed by atoms with Crippen molar-refractivity contribution in [2.24, 2.45) is 0 Å². The highest BCUT2D eigenvalue weighted by atomic mass is 32.1. The van der Waals surface area contributed by atoms with Crippen molar-refractivity contribution in [1.29, 1.82) is 0 Å². The number of fused-ring (bicyclic) bond motifs is 1. The SMILES string of the molecule is CCOC(=O)c1sc2nc(C[NH2+]Cc3ccccc3)nc(NCc3ccccc3)c2c1C. The van der Waals surface area contributed by atoms with Gasteiger partial charge in [-0.15, -0.1) is 11.3 Å². The van der Waals surface area contributed by atoms with Gasteiger partial charge in [-0.25, -0.2) is 14.8 Å². The third-order valence-electron chi connectivity index (χ3n) is 5.15. The van der Waals surface area contributed by atoms with Gasteiger partial charge in [0.05, 0.1) is 12.0 Å². The lowest BCUT2D eigenvalue weighted by atomic mass is 10.2. The van der Waals surface area contributed by atoms with E-state index < -0.39 is 0 Å². The summed E-state index contributed by atoms with van der Waals surface area (Å²) in [5, 5.41) is 6.54. The molecule has 32 heavy (non-hydrogen) atoms. The molecule has 7 heteroatoms. The fourth-order valence-electron chi connectivity index (χ4n) is 3.56. The van der Waals surface area contributed by atoms with Crippen LogP contribution in [0.4, 0.5) is 5.82 Å². The van der Waals surface area contributed by atoms with Crippen molar-refractivity contribution in [3.63, 3.8) is 0 Å². The molecule has 164 valence electrons. The number of rotatable bonds is 9. The van der Waals surface area contributed by atoms with Crippen molar-refractivity contribution < 1.29 is 14.8 Å². The fourth-order valence-corrected chi connectivity index (χ4v) is 4.65. The van der Waals surface area contributed by atoms with Crippen LogP contribution >= 0.6 is 11.3 Å². The van der Waals surface area contributed by atoms with Crippen molar-refractivity contribution in [3.05, 3.63) is 88.1 Å². The van der Waals surface area contributed by atoms with E-state index in [1.807, 2.05) is 50.2 Å². The molecule has 2 heterocycles. The van der Waals surface area contributed by atoms with Gasteiger partial charge in [0.2, 0.25) is 0 Å². The number of esters is 1. The zero-order valence-corrected chi connectivity index (χ0v) is 19.1. The summed E-state index contributed by atoms with van der Waals surface area (Å²) in [5.41, 5.74) is 3.28. The topological polar surface area (TPSA) is 80.7 Å². The molecule has 0 aliphatic heterocycles. The number of anilines is 1. The first-order chi connectivity index (χ1) is 15.7. The van der Waals surface area contributed by atoms with E-state index in [0.29, 0.717) is 24.6 Å². The molecule has 4 rings (SSSR count). The van der Waals surface area contributed by atoms with Crippen molar-refractivity contribution in [2.45, 2.75) is 33.5 Å². The third kappa shape index (κ3) is 5.12. The van der Waals surface area contributed by atoms with Crippen LogP contribution in [0.3, 0.4) is 0 Å². The number of nitrogens with one attached hydrogen (secondary N) is 1. The number of aryl methyl sites for hydroxylation is 1. The van der Waals surface area contributed by atoms with E-state index in [0.717, 1.165) is 39.5 Å². The second kappa shape index (κ2) is 10.3. The van der Waals surface area contributed by atoms with Gasteiger partial charge in [-0.05, 0) is 25.0 Å². The summed E-state index contributed by atoms with van der Waals surface area (Å²) in [5.74, 6) is 1.19. The lowest BCUT2D eigenvalue weighted by Crippen LogP contribution is -2.81. The first-order valence-corrected chi connectivity index (χ1v) is 11.6. The van der Waals surface area contributed by atoms with Gasteiger partial charge in [-0.1, -0.05) is 60.7 Å². The Labute approximate surface area is 191 Å². The van der Waals surface area contributed by atoms with Crippen LogP contribution in [0.15, 0.2) is 60.7 Å².